The average Bonchev–Trinajstić information content (AvgIpc) is 2.30. The van der Waals surface area contributed by atoms with Gasteiger partial charge in [-0.3, -0.25) is 0 Å². The highest BCUT2D eigenvalue weighted by atomic mass is 19.1. The first-order valence-corrected chi connectivity index (χ1v) is 4.63. The van der Waals surface area contributed by atoms with E-state index in [1.54, 1.807) is 0 Å². The minimum atomic E-state index is -0.359. The van der Waals surface area contributed by atoms with Gasteiger partial charge in [0.25, 0.3) is 0 Å². The van der Waals surface area contributed by atoms with Crippen LogP contribution in [-0.2, 0) is 6.61 Å². The molecule has 3 heteroatoms. The maximum absolute atomic E-state index is 12.5. The molecule has 0 spiro atoms. The first-order chi connectivity index (χ1) is 7.34. The van der Waals surface area contributed by atoms with Gasteiger partial charge >= 0.3 is 0 Å². The van der Waals surface area contributed by atoms with Crippen molar-refractivity contribution in [1.82, 2.24) is 4.98 Å². The van der Waals surface area contributed by atoms with E-state index in [-0.39, 0.29) is 5.82 Å². The third-order valence-electron chi connectivity index (χ3n) is 1.93. The second-order valence-electron chi connectivity index (χ2n) is 3.09. The fraction of sp³-hybridized carbons (Fsp3) is 0.0833. The molecule has 0 aliphatic carbocycles. The van der Waals surface area contributed by atoms with Crippen LogP contribution < -0.4 is 4.74 Å². The number of hydrogen-bond acceptors (Lipinski definition) is 2. The number of aromatic nitrogens is 1. The zero-order valence-corrected chi connectivity index (χ0v) is 8.06. The highest BCUT2D eigenvalue weighted by Gasteiger charge is 1.96. The van der Waals surface area contributed by atoms with Gasteiger partial charge in [-0.15, -0.1) is 0 Å². The van der Waals surface area contributed by atoms with Crippen molar-refractivity contribution in [3.05, 3.63) is 60.0 Å². The number of pyridine rings is 1. The molecule has 2 aromatic rings. The minimum Gasteiger partial charge on any atom is -0.473 e. The first-order valence-electron chi connectivity index (χ1n) is 4.63. The highest BCUT2D eigenvalue weighted by molar-refractivity contribution is 5.16. The van der Waals surface area contributed by atoms with Crippen LogP contribution in [0.25, 0.3) is 0 Å². The molecule has 0 unspecified atom stereocenters. The van der Waals surface area contributed by atoms with Crippen molar-refractivity contribution >= 4 is 0 Å². The van der Waals surface area contributed by atoms with Gasteiger partial charge in [-0.25, -0.2) is 9.37 Å². The molecular weight excluding hydrogens is 193 g/mol. The number of nitrogens with zero attached hydrogens (tertiary/aromatic N) is 1. The second-order valence-corrected chi connectivity index (χ2v) is 3.09. The minimum absolute atomic E-state index is 0.359. The summed E-state index contributed by atoms with van der Waals surface area (Å²) < 4.78 is 17.9. The Morgan fingerprint density at radius 2 is 1.87 bits per heavy atom. The summed E-state index contributed by atoms with van der Waals surface area (Å²) in [4.78, 5) is 3.80. The van der Waals surface area contributed by atoms with Gasteiger partial charge in [0.15, 0.2) is 0 Å². The molecule has 0 N–H and O–H groups in total. The van der Waals surface area contributed by atoms with Gasteiger partial charge < -0.3 is 4.74 Å². The molecular formula is C12H10FNO. The third-order valence-corrected chi connectivity index (χ3v) is 1.93. The van der Waals surface area contributed by atoms with Crippen molar-refractivity contribution in [1.29, 1.82) is 0 Å². The number of halogens is 1. The summed E-state index contributed by atoms with van der Waals surface area (Å²) in [5, 5.41) is 0. The Labute approximate surface area is 87.4 Å². The van der Waals surface area contributed by atoms with E-state index in [0.29, 0.717) is 12.5 Å². The standard InChI is InChI=1S/C12H10FNO/c13-11-6-7-12(14-8-11)15-9-10-4-2-1-3-5-10/h1-8H,9H2. The summed E-state index contributed by atoms with van der Waals surface area (Å²) in [5.74, 6) is 0.0716. The van der Waals surface area contributed by atoms with E-state index in [2.05, 4.69) is 4.98 Å². The number of hydrogen-bond donors (Lipinski definition) is 0. The third kappa shape index (κ3) is 2.77. The topological polar surface area (TPSA) is 22.1 Å². The summed E-state index contributed by atoms with van der Waals surface area (Å²) in [6.07, 6.45) is 1.14. The largest absolute Gasteiger partial charge is 0.473 e. The zero-order chi connectivity index (χ0) is 10.5. The fourth-order valence-electron chi connectivity index (χ4n) is 1.18. The molecule has 15 heavy (non-hydrogen) atoms. The van der Waals surface area contributed by atoms with Crippen LogP contribution in [0.15, 0.2) is 48.7 Å². The molecule has 0 bridgehead atoms. The first kappa shape index (κ1) is 9.65. The van der Waals surface area contributed by atoms with Crippen LogP contribution in [0.1, 0.15) is 5.56 Å². The van der Waals surface area contributed by atoms with Crippen molar-refractivity contribution in [2.45, 2.75) is 6.61 Å². The van der Waals surface area contributed by atoms with Gasteiger partial charge in [0.1, 0.15) is 12.4 Å². The van der Waals surface area contributed by atoms with Crippen molar-refractivity contribution in [2.75, 3.05) is 0 Å². The van der Waals surface area contributed by atoms with Gasteiger partial charge in [0, 0.05) is 6.07 Å². The molecule has 0 atom stereocenters. The van der Waals surface area contributed by atoms with Crippen LogP contribution in [-0.4, -0.2) is 4.98 Å². The van der Waals surface area contributed by atoms with Crippen LogP contribution in [0.5, 0.6) is 5.88 Å². The van der Waals surface area contributed by atoms with Gasteiger partial charge in [-0.1, -0.05) is 30.3 Å². The Morgan fingerprint density at radius 1 is 1.07 bits per heavy atom. The van der Waals surface area contributed by atoms with E-state index in [0.717, 1.165) is 11.8 Å². The summed E-state index contributed by atoms with van der Waals surface area (Å²) in [5.41, 5.74) is 1.06. The van der Waals surface area contributed by atoms with E-state index in [1.807, 2.05) is 30.3 Å². The van der Waals surface area contributed by atoms with Gasteiger partial charge in [-0.2, -0.15) is 0 Å². The monoisotopic (exact) mass is 203 g/mol. The molecule has 76 valence electrons. The smallest absolute Gasteiger partial charge is 0.213 e. The van der Waals surface area contributed by atoms with Crippen molar-refractivity contribution in [2.24, 2.45) is 0 Å². The molecule has 0 saturated carbocycles. The van der Waals surface area contributed by atoms with Gasteiger partial charge in [-0.05, 0) is 11.6 Å². The quantitative estimate of drug-likeness (QED) is 0.765. The summed E-state index contributed by atoms with van der Waals surface area (Å²) >= 11 is 0. The van der Waals surface area contributed by atoms with E-state index < -0.39 is 0 Å². The van der Waals surface area contributed by atoms with E-state index >= 15 is 0 Å². The zero-order valence-electron chi connectivity index (χ0n) is 8.06. The molecule has 2 nitrogen and oxygen atoms in total. The molecule has 0 aliphatic heterocycles. The van der Waals surface area contributed by atoms with Gasteiger partial charge in [0.2, 0.25) is 5.88 Å². The van der Waals surface area contributed by atoms with E-state index in [9.17, 15) is 4.39 Å². The van der Waals surface area contributed by atoms with Crippen LogP contribution in [0.4, 0.5) is 4.39 Å². The normalized spacial score (nSPS) is 9.93. The highest BCUT2D eigenvalue weighted by Crippen LogP contribution is 2.09. The maximum atomic E-state index is 12.5. The van der Waals surface area contributed by atoms with Crippen molar-refractivity contribution in [3.8, 4) is 5.88 Å². The lowest BCUT2D eigenvalue weighted by atomic mass is 10.2. The predicted molar refractivity (Wildman–Crippen MR) is 55.0 cm³/mol. The van der Waals surface area contributed by atoms with E-state index in [1.165, 1.54) is 12.1 Å². The Morgan fingerprint density at radius 3 is 2.53 bits per heavy atom. The Bertz CT molecular complexity index is 413. The lowest BCUT2D eigenvalue weighted by molar-refractivity contribution is 0.293. The molecule has 1 aromatic heterocycles. The molecule has 0 fully saturated rings. The lowest BCUT2D eigenvalue weighted by Gasteiger charge is -2.04. The predicted octanol–water partition coefficient (Wildman–Crippen LogP) is 2.80. The van der Waals surface area contributed by atoms with Crippen LogP contribution in [0.3, 0.4) is 0 Å². The maximum Gasteiger partial charge on any atom is 0.213 e. The molecule has 0 amide bonds. The second kappa shape index (κ2) is 4.55. The molecule has 0 aliphatic rings. The van der Waals surface area contributed by atoms with Crippen LogP contribution >= 0.6 is 0 Å². The fourth-order valence-corrected chi connectivity index (χ4v) is 1.18. The Kier molecular flexibility index (Phi) is 2.93. The molecule has 0 saturated heterocycles. The van der Waals surface area contributed by atoms with E-state index in [4.69, 9.17) is 4.74 Å². The summed E-state index contributed by atoms with van der Waals surface area (Å²) in [6.45, 7) is 0.444. The SMILES string of the molecule is Fc1ccc(OCc2ccccc2)nc1. The number of benzene rings is 1. The van der Waals surface area contributed by atoms with Gasteiger partial charge in [0.05, 0.1) is 6.20 Å². The molecule has 1 aromatic carbocycles. The Hall–Kier alpha value is -1.90. The number of rotatable bonds is 3. The molecule has 1 heterocycles. The average molecular weight is 203 g/mol. The summed E-state index contributed by atoms with van der Waals surface area (Å²) in [6, 6.07) is 12.6. The van der Waals surface area contributed by atoms with Crippen LogP contribution in [0, 0.1) is 5.82 Å². The van der Waals surface area contributed by atoms with Crippen molar-refractivity contribution < 1.29 is 9.13 Å². The van der Waals surface area contributed by atoms with Crippen LogP contribution in [0.2, 0.25) is 0 Å². The lowest BCUT2D eigenvalue weighted by Crippen LogP contribution is -1.96. The molecule has 2 rings (SSSR count). The molecule has 0 radical (unpaired) electrons. The number of ether oxygens (including phenoxy) is 1. The Balaban J connectivity index is 1.96. The summed E-state index contributed by atoms with van der Waals surface area (Å²) in [7, 11) is 0. The van der Waals surface area contributed by atoms with Crippen molar-refractivity contribution in [3.63, 3.8) is 0 Å².